The van der Waals surface area contributed by atoms with Crippen molar-refractivity contribution in [1.82, 2.24) is 4.90 Å². The highest BCUT2D eigenvalue weighted by Crippen LogP contribution is 2.38. The van der Waals surface area contributed by atoms with Crippen LogP contribution in [0.25, 0.3) is 0 Å². The molecular formula is C19H29N3O4. The fourth-order valence-electron chi connectivity index (χ4n) is 3.41. The van der Waals surface area contributed by atoms with Crippen LogP contribution in [-0.4, -0.2) is 47.7 Å². The van der Waals surface area contributed by atoms with E-state index in [1.807, 2.05) is 26.8 Å². The van der Waals surface area contributed by atoms with Gasteiger partial charge in [0, 0.05) is 30.6 Å². The Morgan fingerprint density at radius 1 is 1.35 bits per heavy atom. The second-order valence-electron chi connectivity index (χ2n) is 7.54. The molecule has 1 aliphatic rings. The van der Waals surface area contributed by atoms with Gasteiger partial charge >= 0.3 is 6.09 Å². The first-order chi connectivity index (χ1) is 12.2. The number of methoxy groups -OCH3 is 1. The van der Waals surface area contributed by atoms with Gasteiger partial charge in [-0.1, -0.05) is 0 Å². The molecule has 0 radical (unpaired) electrons. The van der Waals surface area contributed by atoms with E-state index < -0.39 is 11.6 Å². The quantitative estimate of drug-likeness (QED) is 0.784. The number of amides is 2. The van der Waals surface area contributed by atoms with Gasteiger partial charge < -0.3 is 25.4 Å². The molecule has 0 saturated carbocycles. The summed E-state index contributed by atoms with van der Waals surface area (Å²) in [5.41, 5.74) is 7.85. The summed E-state index contributed by atoms with van der Waals surface area (Å²) < 4.78 is 5.45. The fraction of sp³-hybridized carbons (Fsp3) is 0.579. The van der Waals surface area contributed by atoms with Crippen LogP contribution in [0.3, 0.4) is 0 Å². The Morgan fingerprint density at radius 2 is 2.04 bits per heavy atom. The largest absolute Gasteiger partial charge is 0.494 e. The normalized spacial score (nSPS) is 14.6. The van der Waals surface area contributed by atoms with E-state index in [2.05, 4.69) is 0 Å². The lowest BCUT2D eigenvalue weighted by molar-refractivity contribution is -0.118. The minimum absolute atomic E-state index is 0.0493. The predicted molar refractivity (Wildman–Crippen MR) is 102 cm³/mol. The molecule has 0 aliphatic carbocycles. The van der Waals surface area contributed by atoms with E-state index in [0.717, 1.165) is 24.1 Å². The van der Waals surface area contributed by atoms with E-state index in [1.165, 1.54) is 4.90 Å². The van der Waals surface area contributed by atoms with Gasteiger partial charge in [-0.15, -0.1) is 0 Å². The lowest BCUT2D eigenvalue weighted by Gasteiger charge is -2.34. The summed E-state index contributed by atoms with van der Waals surface area (Å²) in [6, 6.07) is 3.61. The summed E-state index contributed by atoms with van der Waals surface area (Å²) in [4.78, 5) is 27.2. The van der Waals surface area contributed by atoms with Crippen LogP contribution in [0.4, 0.5) is 16.2 Å². The van der Waals surface area contributed by atoms with E-state index >= 15 is 0 Å². The molecule has 1 aliphatic heterocycles. The molecule has 144 valence electrons. The van der Waals surface area contributed by atoms with Gasteiger partial charge in [-0.05, 0) is 52.2 Å². The predicted octanol–water partition coefficient (Wildman–Crippen LogP) is 3.12. The zero-order chi connectivity index (χ0) is 19.5. The second-order valence-corrected chi connectivity index (χ2v) is 7.54. The molecule has 1 aromatic carbocycles. The van der Waals surface area contributed by atoms with Crippen LogP contribution >= 0.6 is 0 Å². The average Bonchev–Trinajstić information content (AvgIpc) is 2.69. The number of carboxylic acid groups (broad SMARTS) is 1. The number of fused-ring (bicyclic) bond motifs is 1. The Labute approximate surface area is 154 Å². The number of ether oxygens (including phenoxy) is 1. The molecule has 0 fully saturated rings. The van der Waals surface area contributed by atoms with Crippen molar-refractivity contribution in [3.05, 3.63) is 17.7 Å². The van der Waals surface area contributed by atoms with Gasteiger partial charge in [-0.25, -0.2) is 4.79 Å². The molecule has 0 atom stereocenters. The number of benzene rings is 1. The molecule has 0 aromatic heterocycles. The van der Waals surface area contributed by atoms with Gasteiger partial charge in [0.05, 0.1) is 18.5 Å². The molecule has 2 amide bonds. The maximum Gasteiger partial charge on any atom is 0.407 e. The number of nitrogen functional groups attached to an aromatic ring is 1. The molecule has 0 unspecified atom stereocenters. The van der Waals surface area contributed by atoms with Crippen molar-refractivity contribution in [2.24, 2.45) is 0 Å². The van der Waals surface area contributed by atoms with Crippen molar-refractivity contribution in [2.45, 2.75) is 52.0 Å². The van der Waals surface area contributed by atoms with Gasteiger partial charge in [0.2, 0.25) is 5.91 Å². The number of carbonyl (C=O) groups is 2. The molecule has 2 rings (SSSR count). The molecule has 1 aromatic rings. The third-order valence-corrected chi connectivity index (χ3v) is 4.68. The number of anilines is 2. The highest BCUT2D eigenvalue weighted by atomic mass is 16.5. The van der Waals surface area contributed by atoms with Crippen molar-refractivity contribution in [1.29, 1.82) is 0 Å². The lowest BCUT2D eigenvalue weighted by Crippen LogP contribution is -2.46. The summed E-state index contributed by atoms with van der Waals surface area (Å²) in [5.74, 6) is 0.678. The number of carbonyl (C=O) groups excluding carboxylic acids is 1. The van der Waals surface area contributed by atoms with Gasteiger partial charge in [-0.2, -0.15) is 0 Å². The minimum atomic E-state index is -0.950. The van der Waals surface area contributed by atoms with Gasteiger partial charge in [0.1, 0.15) is 5.75 Å². The summed E-state index contributed by atoms with van der Waals surface area (Å²) in [5, 5.41) is 9.41. The van der Waals surface area contributed by atoms with Crippen LogP contribution in [0.15, 0.2) is 12.1 Å². The molecule has 3 N–H and O–H groups in total. The minimum Gasteiger partial charge on any atom is -0.494 e. The third-order valence-electron chi connectivity index (χ3n) is 4.68. The summed E-state index contributed by atoms with van der Waals surface area (Å²) in [6.07, 6.45) is 1.54. The molecule has 0 spiro atoms. The smallest absolute Gasteiger partial charge is 0.407 e. The second kappa shape index (κ2) is 7.85. The van der Waals surface area contributed by atoms with E-state index in [9.17, 15) is 14.7 Å². The van der Waals surface area contributed by atoms with Gasteiger partial charge in [0.25, 0.3) is 0 Å². The molecule has 1 heterocycles. The SMILES string of the molecule is COc1c(N)ccc2c1CCCC(=O)N2CCCN(C(=O)O)C(C)(C)C. The fourth-order valence-corrected chi connectivity index (χ4v) is 3.41. The number of nitrogens with zero attached hydrogens (tertiary/aromatic N) is 2. The number of hydrogen-bond acceptors (Lipinski definition) is 4. The Kier molecular flexibility index (Phi) is 6.00. The maximum absolute atomic E-state index is 12.6. The highest BCUT2D eigenvalue weighted by molar-refractivity contribution is 5.96. The molecule has 0 bridgehead atoms. The Bertz CT molecular complexity index is 682. The van der Waals surface area contributed by atoms with Crippen LogP contribution in [0.5, 0.6) is 5.75 Å². The van der Waals surface area contributed by atoms with E-state index in [-0.39, 0.29) is 5.91 Å². The van der Waals surface area contributed by atoms with E-state index in [0.29, 0.717) is 37.4 Å². The van der Waals surface area contributed by atoms with Crippen LogP contribution in [0.1, 0.15) is 45.6 Å². The van der Waals surface area contributed by atoms with Crippen molar-refractivity contribution in [2.75, 3.05) is 30.8 Å². The molecule has 26 heavy (non-hydrogen) atoms. The maximum atomic E-state index is 12.6. The number of hydrogen-bond donors (Lipinski definition) is 2. The van der Waals surface area contributed by atoms with Crippen LogP contribution in [0.2, 0.25) is 0 Å². The summed E-state index contributed by atoms with van der Waals surface area (Å²) in [7, 11) is 1.58. The molecule has 7 nitrogen and oxygen atoms in total. The van der Waals surface area contributed by atoms with E-state index in [1.54, 1.807) is 18.1 Å². The van der Waals surface area contributed by atoms with Crippen LogP contribution < -0.4 is 15.4 Å². The molecular weight excluding hydrogens is 334 g/mol. The number of nitrogens with two attached hydrogens (primary N) is 1. The lowest BCUT2D eigenvalue weighted by atomic mass is 10.0. The standard InChI is InChI=1S/C19H29N3O4/c1-19(2,3)22(18(24)25)12-6-11-21-15-10-9-14(20)17(26-4)13(15)7-5-8-16(21)23/h9-10H,5-8,11-12,20H2,1-4H3,(H,24,25). The van der Waals surface area contributed by atoms with Crippen molar-refractivity contribution >= 4 is 23.4 Å². The van der Waals surface area contributed by atoms with Crippen molar-refractivity contribution < 1.29 is 19.4 Å². The Balaban J connectivity index is 2.21. The topological polar surface area (TPSA) is 96.1 Å². The van der Waals surface area contributed by atoms with Crippen molar-refractivity contribution in [3.8, 4) is 5.75 Å². The molecule has 0 saturated heterocycles. The Hall–Kier alpha value is -2.44. The zero-order valence-electron chi connectivity index (χ0n) is 16.0. The first-order valence-corrected chi connectivity index (χ1v) is 8.93. The van der Waals surface area contributed by atoms with Crippen molar-refractivity contribution in [3.63, 3.8) is 0 Å². The Morgan fingerprint density at radius 3 is 2.62 bits per heavy atom. The first kappa shape index (κ1) is 19.9. The first-order valence-electron chi connectivity index (χ1n) is 8.93. The highest BCUT2D eigenvalue weighted by Gasteiger charge is 2.28. The van der Waals surface area contributed by atoms with Gasteiger partial charge in [0.15, 0.2) is 0 Å². The van der Waals surface area contributed by atoms with Gasteiger partial charge in [-0.3, -0.25) is 4.79 Å². The average molecular weight is 363 g/mol. The zero-order valence-corrected chi connectivity index (χ0v) is 16.0. The van der Waals surface area contributed by atoms with Crippen LogP contribution in [0, 0.1) is 0 Å². The monoisotopic (exact) mass is 363 g/mol. The summed E-state index contributed by atoms with van der Waals surface area (Å²) in [6.45, 7) is 6.41. The number of rotatable bonds is 5. The van der Waals surface area contributed by atoms with Crippen LogP contribution in [-0.2, 0) is 11.2 Å². The van der Waals surface area contributed by atoms with E-state index in [4.69, 9.17) is 10.5 Å². The third kappa shape index (κ3) is 4.20. The molecule has 7 heteroatoms. The summed E-state index contributed by atoms with van der Waals surface area (Å²) >= 11 is 0.